The van der Waals surface area contributed by atoms with E-state index in [0.29, 0.717) is 12.8 Å². The van der Waals surface area contributed by atoms with Gasteiger partial charge in [0.2, 0.25) is 0 Å². The lowest BCUT2D eigenvalue weighted by atomic mass is 10.0. The average molecular weight is 417 g/mol. The summed E-state index contributed by atoms with van der Waals surface area (Å²) in [5.41, 5.74) is 2.34. The van der Waals surface area contributed by atoms with Gasteiger partial charge in [0.25, 0.3) is 0 Å². The van der Waals surface area contributed by atoms with E-state index in [4.69, 9.17) is 0 Å². The third-order valence-electron chi connectivity index (χ3n) is 2.77. The first-order valence-electron chi connectivity index (χ1n) is 5.80. The number of aliphatic hydroxyl groups is 1. The molecule has 94 valence electrons. The second kappa shape index (κ2) is 6.68. The van der Waals surface area contributed by atoms with Crippen molar-refractivity contribution in [2.75, 3.05) is 0 Å². The Morgan fingerprint density at radius 3 is 1.83 bits per heavy atom. The second-order valence-corrected chi connectivity index (χ2v) is 6.48. The SMILES string of the molecule is OC(Cc1ccc(Br)cc1)Cc1ccc(I)cc1. The largest absolute Gasteiger partial charge is 0.392 e. The highest BCUT2D eigenvalue weighted by Crippen LogP contribution is 2.14. The molecule has 0 aliphatic rings. The Kier molecular flexibility index (Phi) is 5.21. The molecule has 3 heteroatoms. The molecule has 2 rings (SSSR count). The van der Waals surface area contributed by atoms with E-state index in [1.54, 1.807) is 0 Å². The molecule has 0 bridgehead atoms. The molecule has 1 atom stereocenters. The van der Waals surface area contributed by atoms with E-state index < -0.39 is 0 Å². The maximum atomic E-state index is 10.1. The molecule has 1 unspecified atom stereocenters. The summed E-state index contributed by atoms with van der Waals surface area (Å²) in [4.78, 5) is 0. The third kappa shape index (κ3) is 4.37. The van der Waals surface area contributed by atoms with Gasteiger partial charge in [0.15, 0.2) is 0 Å². The van der Waals surface area contributed by atoms with Gasteiger partial charge in [0, 0.05) is 8.04 Å². The lowest BCUT2D eigenvalue weighted by Gasteiger charge is -2.11. The Morgan fingerprint density at radius 2 is 1.33 bits per heavy atom. The molecule has 0 fully saturated rings. The summed E-state index contributed by atoms with van der Waals surface area (Å²) < 4.78 is 2.29. The van der Waals surface area contributed by atoms with Crippen LogP contribution in [-0.2, 0) is 12.8 Å². The summed E-state index contributed by atoms with van der Waals surface area (Å²) in [6, 6.07) is 16.4. The van der Waals surface area contributed by atoms with Gasteiger partial charge in [0.1, 0.15) is 0 Å². The predicted molar refractivity (Wildman–Crippen MR) is 86.7 cm³/mol. The van der Waals surface area contributed by atoms with Gasteiger partial charge in [-0.2, -0.15) is 0 Å². The van der Waals surface area contributed by atoms with Crippen molar-refractivity contribution in [2.45, 2.75) is 18.9 Å². The summed E-state index contributed by atoms with van der Waals surface area (Å²) in [5, 5.41) is 10.1. The zero-order chi connectivity index (χ0) is 13.0. The second-order valence-electron chi connectivity index (χ2n) is 4.32. The lowest BCUT2D eigenvalue weighted by Crippen LogP contribution is -2.13. The Labute approximate surface area is 130 Å². The molecular formula is C15H14BrIO. The van der Waals surface area contributed by atoms with Gasteiger partial charge < -0.3 is 5.11 Å². The van der Waals surface area contributed by atoms with E-state index in [-0.39, 0.29) is 6.10 Å². The molecule has 0 aromatic heterocycles. The van der Waals surface area contributed by atoms with Crippen LogP contribution in [0.3, 0.4) is 0 Å². The van der Waals surface area contributed by atoms with E-state index in [0.717, 1.165) is 10.0 Å². The topological polar surface area (TPSA) is 20.2 Å². The van der Waals surface area contributed by atoms with Crippen LogP contribution in [-0.4, -0.2) is 11.2 Å². The van der Waals surface area contributed by atoms with E-state index in [1.165, 1.54) is 9.13 Å². The van der Waals surface area contributed by atoms with Crippen molar-refractivity contribution in [2.24, 2.45) is 0 Å². The fraction of sp³-hybridized carbons (Fsp3) is 0.200. The predicted octanol–water partition coefficient (Wildman–Crippen LogP) is 4.20. The van der Waals surface area contributed by atoms with E-state index in [9.17, 15) is 5.11 Å². The zero-order valence-corrected chi connectivity index (χ0v) is 13.6. The highest BCUT2D eigenvalue weighted by atomic mass is 127. The fourth-order valence-electron chi connectivity index (χ4n) is 1.86. The standard InChI is InChI=1S/C15H14BrIO/c16-13-5-1-11(2-6-13)9-15(18)10-12-3-7-14(17)8-4-12/h1-8,15,18H,9-10H2. The molecular weight excluding hydrogens is 403 g/mol. The normalized spacial score (nSPS) is 12.4. The van der Waals surface area contributed by atoms with Crippen LogP contribution in [0, 0.1) is 3.57 Å². The average Bonchev–Trinajstić information content (AvgIpc) is 2.35. The van der Waals surface area contributed by atoms with Crippen LogP contribution in [0.1, 0.15) is 11.1 Å². The smallest absolute Gasteiger partial charge is 0.0620 e. The Bertz CT molecular complexity index is 445. The summed E-state index contributed by atoms with van der Waals surface area (Å²) in [7, 11) is 0. The summed E-state index contributed by atoms with van der Waals surface area (Å²) in [6.45, 7) is 0. The minimum atomic E-state index is -0.328. The fourth-order valence-corrected chi connectivity index (χ4v) is 2.48. The number of rotatable bonds is 4. The first-order valence-corrected chi connectivity index (χ1v) is 7.67. The van der Waals surface area contributed by atoms with E-state index in [1.807, 2.05) is 24.3 Å². The number of benzene rings is 2. The molecule has 1 N–H and O–H groups in total. The van der Waals surface area contributed by atoms with Gasteiger partial charge in [-0.25, -0.2) is 0 Å². The van der Waals surface area contributed by atoms with Crippen LogP contribution in [0.4, 0.5) is 0 Å². The van der Waals surface area contributed by atoms with Crippen molar-refractivity contribution in [3.05, 3.63) is 67.7 Å². The van der Waals surface area contributed by atoms with Gasteiger partial charge in [-0.1, -0.05) is 40.2 Å². The van der Waals surface area contributed by atoms with Crippen molar-refractivity contribution >= 4 is 38.5 Å². The van der Waals surface area contributed by atoms with Crippen LogP contribution in [0.25, 0.3) is 0 Å². The van der Waals surface area contributed by atoms with Crippen LogP contribution in [0.5, 0.6) is 0 Å². The number of halogens is 2. The van der Waals surface area contributed by atoms with Gasteiger partial charge in [-0.15, -0.1) is 0 Å². The molecule has 0 saturated carbocycles. The quantitative estimate of drug-likeness (QED) is 0.740. The minimum absolute atomic E-state index is 0.328. The highest BCUT2D eigenvalue weighted by Gasteiger charge is 2.07. The Hall–Kier alpha value is -0.390. The molecule has 0 spiro atoms. The molecule has 0 amide bonds. The monoisotopic (exact) mass is 416 g/mol. The van der Waals surface area contributed by atoms with Crippen molar-refractivity contribution in [3.8, 4) is 0 Å². The van der Waals surface area contributed by atoms with E-state index >= 15 is 0 Å². The van der Waals surface area contributed by atoms with Gasteiger partial charge in [0.05, 0.1) is 6.10 Å². The van der Waals surface area contributed by atoms with Crippen molar-refractivity contribution < 1.29 is 5.11 Å². The first-order chi connectivity index (χ1) is 8.63. The van der Waals surface area contributed by atoms with Crippen molar-refractivity contribution in [1.82, 2.24) is 0 Å². The minimum Gasteiger partial charge on any atom is -0.392 e. The molecule has 0 saturated heterocycles. The zero-order valence-electron chi connectivity index (χ0n) is 9.81. The first kappa shape index (κ1) is 14.0. The van der Waals surface area contributed by atoms with Gasteiger partial charge in [-0.3, -0.25) is 0 Å². The molecule has 0 radical (unpaired) electrons. The number of aliphatic hydroxyl groups excluding tert-OH is 1. The van der Waals surface area contributed by atoms with Crippen LogP contribution in [0.2, 0.25) is 0 Å². The van der Waals surface area contributed by atoms with E-state index in [2.05, 4.69) is 62.8 Å². The maximum absolute atomic E-state index is 10.1. The summed E-state index contributed by atoms with van der Waals surface area (Å²) >= 11 is 5.69. The van der Waals surface area contributed by atoms with Crippen LogP contribution >= 0.6 is 38.5 Å². The van der Waals surface area contributed by atoms with Gasteiger partial charge >= 0.3 is 0 Å². The van der Waals surface area contributed by atoms with Gasteiger partial charge in [-0.05, 0) is 70.8 Å². The number of hydrogen-bond donors (Lipinski definition) is 1. The molecule has 0 heterocycles. The molecule has 0 aliphatic carbocycles. The van der Waals surface area contributed by atoms with Crippen LogP contribution < -0.4 is 0 Å². The lowest BCUT2D eigenvalue weighted by molar-refractivity contribution is 0.175. The maximum Gasteiger partial charge on any atom is 0.0620 e. The summed E-state index contributed by atoms with van der Waals surface area (Å²) in [6.07, 6.45) is 1.07. The molecule has 0 aliphatic heterocycles. The Morgan fingerprint density at radius 1 is 0.889 bits per heavy atom. The van der Waals surface area contributed by atoms with Crippen molar-refractivity contribution in [3.63, 3.8) is 0 Å². The molecule has 18 heavy (non-hydrogen) atoms. The molecule has 2 aromatic rings. The van der Waals surface area contributed by atoms with Crippen LogP contribution in [0.15, 0.2) is 53.0 Å². The number of hydrogen-bond acceptors (Lipinski definition) is 1. The highest BCUT2D eigenvalue weighted by molar-refractivity contribution is 14.1. The third-order valence-corrected chi connectivity index (χ3v) is 4.02. The molecule has 1 nitrogen and oxygen atoms in total. The molecule has 2 aromatic carbocycles. The van der Waals surface area contributed by atoms with Crippen molar-refractivity contribution in [1.29, 1.82) is 0 Å². The summed E-state index contributed by atoms with van der Waals surface area (Å²) in [5.74, 6) is 0. The Balaban J connectivity index is 1.94.